The maximum absolute atomic E-state index is 4.23. The zero-order chi connectivity index (χ0) is 11.4. The molecule has 0 spiro atoms. The third-order valence-electron chi connectivity index (χ3n) is 2.57. The van der Waals surface area contributed by atoms with Gasteiger partial charge in [0.25, 0.3) is 0 Å². The van der Waals surface area contributed by atoms with E-state index < -0.39 is 0 Å². The van der Waals surface area contributed by atoms with Gasteiger partial charge < -0.3 is 5.32 Å². The van der Waals surface area contributed by atoms with Crippen LogP contribution in [-0.2, 0) is 26.7 Å². The third-order valence-corrected chi connectivity index (χ3v) is 2.57. The molecule has 2 heterocycles. The van der Waals surface area contributed by atoms with Gasteiger partial charge in [0, 0.05) is 44.6 Å². The molecule has 0 radical (unpaired) electrons. The Morgan fingerprint density at radius 1 is 1.31 bits per heavy atom. The van der Waals surface area contributed by atoms with Gasteiger partial charge in [-0.2, -0.15) is 10.2 Å². The van der Waals surface area contributed by atoms with Crippen molar-refractivity contribution in [3.8, 4) is 0 Å². The summed E-state index contributed by atoms with van der Waals surface area (Å²) in [6.45, 7) is 4.67. The van der Waals surface area contributed by atoms with E-state index in [4.69, 9.17) is 0 Å². The van der Waals surface area contributed by atoms with E-state index in [0.717, 1.165) is 19.6 Å². The van der Waals surface area contributed by atoms with Crippen molar-refractivity contribution in [2.45, 2.75) is 26.6 Å². The predicted molar refractivity (Wildman–Crippen MR) is 61.7 cm³/mol. The monoisotopic (exact) mass is 219 g/mol. The summed E-state index contributed by atoms with van der Waals surface area (Å²) in [7, 11) is 1.95. The fourth-order valence-electron chi connectivity index (χ4n) is 1.58. The predicted octanol–water partition coefficient (Wildman–Crippen LogP) is 0.926. The first-order valence-corrected chi connectivity index (χ1v) is 5.48. The highest BCUT2D eigenvalue weighted by atomic mass is 15.3. The summed E-state index contributed by atoms with van der Waals surface area (Å²) in [5, 5.41) is 11.7. The van der Waals surface area contributed by atoms with Crippen LogP contribution >= 0.6 is 0 Å². The first-order valence-electron chi connectivity index (χ1n) is 5.48. The van der Waals surface area contributed by atoms with Gasteiger partial charge in [-0.3, -0.25) is 9.36 Å². The largest absolute Gasteiger partial charge is 0.307 e. The molecule has 0 aromatic carbocycles. The molecule has 2 aromatic rings. The molecule has 0 aliphatic heterocycles. The number of aryl methyl sites for hydroxylation is 2. The van der Waals surface area contributed by atoms with Crippen LogP contribution in [0.3, 0.4) is 0 Å². The van der Waals surface area contributed by atoms with Crippen LogP contribution in [0.1, 0.15) is 18.2 Å². The van der Waals surface area contributed by atoms with E-state index in [1.807, 2.05) is 34.9 Å². The lowest BCUT2D eigenvalue weighted by Crippen LogP contribution is -2.14. The van der Waals surface area contributed by atoms with Gasteiger partial charge in [0.2, 0.25) is 0 Å². The fourth-order valence-corrected chi connectivity index (χ4v) is 1.58. The molecule has 86 valence electrons. The Morgan fingerprint density at radius 2 is 2.19 bits per heavy atom. The minimum Gasteiger partial charge on any atom is -0.307 e. The zero-order valence-corrected chi connectivity index (χ0v) is 9.72. The quantitative estimate of drug-likeness (QED) is 0.813. The van der Waals surface area contributed by atoms with Crippen molar-refractivity contribution in [1.29, 1.82) is 0 Å². The lowest BCUT2D eigenvalue weighted by Gasteiger charge is -2.03. The van der Waals surface area contributed by atoms with Gasteiger partial charge in [0.05, 0.1) is 11.9 Å². The Hall–Kier alpha value is -1.62. The van der Waals surface area contributed by atoms with Crippen molar-refractivity contribution in [2.24, 2.45) is 7.05 Å². The van der Waals surface area contributed by atoms with Gasteiger partial charge in [-0.15, -0.1) is 0 Å². The first-order chi connectivity index (χ1) is 7.79. The van der Waals surface area contributed by atoms with Crippen LogP contribution in [0.25, 0.3) is 0 Å². The standard InChI is InChI=1S/C11H17N5/c1-3-16-9-10(7-14-16)6-12-8-11-4-5-13-15(11)2/h4-5,7,9,12H,3,6,8H2,1-2H3. The maximum atomic E-state index is 4.23. The molecule has 2 rings (SSSR count). The summed E-state index contributed by atoms with van der Waals surface area (Å²) in [5.74, 6) is 0. The molecule has 0 unspecified atom stereocenters. The molecule has 5 heteroatoms. The van der Waals surface area contributed by atoms with Crippen LogP contribution in [0.4, 0.5) is 0 Å². The number of nitrogens with zero attached hydrogens (tertiary/aromatic N) is 4. The average Bonchev–Trinajstić information content (AvgIpc) is 2.89. The van der Waals surface area contributed by atoms with E-state index in [9.17, 15) is 0 Å². The van der Waals surface area contributed by atoms with Crippen LogP contribution < -0.4 is 5.32 Å². The highest BCUT2D eigenvalue weighted by Crippen LogP contribution is 1.99. The van der Waals surface area contributed by atoms with Crippen molar-refractivity contribution in [1.82, 2.24) is 24.9 Å². The molecule has 0 aliphatic rings. The molecule has 0 aliphatic carbocycles. The van der Waals surface area contributed by atoms with Gasteiger partial charge in [0.1, 0.15) is 0 Å². The molecule has 0 atom stereocenters. The molecule has 2 aromatic heterocycles. The summed E-state index contributed by atoms with van der Waals surface area (Å²) < 4.78 is 3.81. The topological polar surface area (TPSA) is 47.7 Å². The second kappa shape index (κ2) is 4.94. The number of hydrogen-bond acceptors (Lipinski definition) is 3. The molecule has 1 N–H and O–H groups in total. The summed E-state index contributed by atoms with van der Waals surface area (Å²) >= 11 is 0. The second-order valence-corrected chi connectivity index (χ2v) is 3.75. The highest BCUT2D eigenvalue weighted by molar-refractivity contribution is 5.04. The maximum Gasteiger partial charge on any atom is 0.0534 e. The number of hydrogen-bond donors (Lipinski definition) is 1. The molecule has 0 bridgehead atoms. The Balaban J connectivity index is 1.82. The Kier molecular flexibility index (Phi) is 3.36. The average molecular weight is 219 g/mol. The van der Waals surface area contributed by atoms with Gasteiger partial charge in [-0.1, -0.05) is 0 Å². The van der Waals surface area contributed by atoms with Crippen LogP contribution in [0.15, 0.2) is 24.7 Å². The van der Waals surface area contributed by atoms with Crippen molar-refractivity contribution < 1.29 is 0 Å². The molecular weight excluding hydrogens is 202 g/mol. The van der Waals surface area contributed by atoms with Crippen LogP contribution in [0.2, 0.25) is 0 Å². The van der Waals surface area contributed by atoms with Gasteiger partial charge in [-0.05, 0) is 13.0 Å². The van der Waals surface area contributed by atoms with Crippen molar-refractivity contribution in [2.75, 3.05) is 0 Å². The van der Waals surface area contributed by atoms with Crippen LogP contribution in [0, 0.1) is 0 Å². The van der Waals surface area contributed by atoms with Crippen molar-refractivity contribution in [3.63, 3.8) is 0 Å². The number of nitrogens with one attached hydrogen (secondary N) is 1. The van der Waals surface area contributed by atoms with E-state index in [1.54, 1.807) is 0 Å². The van der Waals surface area contributed by atoms with Gasteiger partial charge in [-0.25, -0.2) is 0 Å². The zero-order valence-electron chi connectivity index (χ0n) is 9.72. The smallest absolute Gasteiger partial charge is 0.0534 e. The SMILES string of the molecule is CCn1cc(CNCc2ccnn2C)cn1. The lowest BCUT2D eigenvalue weighted by molar-refractivity contribution is 0.624. The van der Waals surface area contributed by atoms with E-state index in [-0.39, 0.29) is 0 Å². The van der Waals surface area contributed by atoms with E-state index in [0.29, 0.717) is 0 Å². The number of rotatable bonds is 5. The lowest BCUT2D eigenvalue weighted by atomic mass is 10.3. The highest BCUT2D eigenvalue weighted by Gasteiger charge is 1.99. The van der Waals surface area contributed by atoms with Gasteiger partial charge in [0.15, 0.2) is 0 Å². The molecule has 0 amide bonds. The van der Waals surface area contributed by atoms with Crippen LogP contribution in [0.5, 0.6) is 0 Å². The molecule has 16 heavy (non-hydrogen) atoms. The summed E-state index contributed by atoms with van der Waals surface area (Å²) in [4.78, 5) is 0. The van der Waals surface area contributed by atoms with E-state index in [1.165, 1.54) is 11.3 Å². The molecular formula is C11H17N5. The van der Waals surface area contributed by atoms with E-state index in [2.05, 4.69) is 28.6 Å². The van der Waals surface area contributed by atoms with Crippen LogP contribution in [-0.4, -0.2) is 19.6 Å². The number of aromatic nitrogens is 4. The first kappa shape index (κ1) is 10.9. The summed E-state index contributed by atoms with van der Waals surface area (Å²) in [5.41, 5.74) is 2.40. The van der Waals surface area contributed by atoms with E-state index >= 15 is 0 Å². The third kappa shape index (κ3) is 2.49. The second-order valence-electron chi connectivity index (χ2n) is 3.75. The Morgan fingerprint density at radius 3 is 2.81 bits per heavy atom. The van der Waals surface area contributed by atoms with Crippen molar-refractivity contribution in [3.05, 3.63) is 35.9 Å². The molecule has 5 nitrogen and oxygen atoms in total. The summed E-state index contributed by atoms with van der Waals surface area (Å²) in [6.07, 6.45) is 5.78. The summed E-state index contributed by atoms with van der Waals surface area (Å²) in [6, 6.07) is 2.02. The fraction of sp³-hybridized carbons (Fsp3) is 0.455. The Labute approximate surface area is 95.1 Å². The normalized spacial score (nSPS) is 10.9. The molecule has 0 saturated carbocycles. The minimum absolute atomic E-state index is 0.827. The Bertz CT molecular complexity index is 443. The molecule has 0 fully saturated rings. The van der Waals surface area contributed by atoms with Crippen molar-refractivity contribution >= 4 is 0 Å². The minimum atomic E-state index is 0.827. The molecule has 0 saturated heterocycles. The van der Waals surface area contributed by atoms with Gasteiger partial charge >= 0.3 is 0 Å².